The van der Waals surface area contributed by atoms with E-state index in [0.717, 1.165) is 21.7 Å². The fourth-order valence-corrected chi connectivity index (χ4v) is 2.93. The predicted molar refractivity (Wildman–Crippen MR) is 79.5 cm³/mol. The van der Waals surface area contributed by atoms with Crippen LogP contribution in [0.2, 0.25) is 5.02 Å². The van der Waals surface area contributed by atoms with Gasteiger partial charge < -0.3 is 12.4 Å². The van der Waals surface area contributed by atoms with Gasteiger partial charge in [0.25, 0.3) is 5.65 Å². The van der Waals surface area contributed by atoms with Crippen LogP contribution in [0.25, 0.3) is 32.8 Å². The van der Waals surface area contributed by atoms with Gasteiger partial charge >= 0.3 is 0 Å². The number of hydrogen-bond donors (Lipinski definition) is 1. The van der Waals surface area contributed by atoms with Gasteiger partial charge in [0.15, 0.2) is 0 Å². The molecular formula is C16H12Cl2N2. The number of aromatic amines is 1. The molecule has 0 saturated carbocycles. The third kappa shape index (κ3) is 1.76. The second-order valence-electron chi connectivity index (χ2n) is 4.84. The van der Waals surface area contributed by atoms with E-state index in [1.54, 1.807) is 0 Å². The number of pyridine rings is 1. The van der Waals surface area contributed by atoms with Crippen molar-refractivity contribution in [2.24, 2.45) is 7.05 Å². The molecule has 4 aromatic rings. The van der Waals surface area contributed by atoms with Crippen LogP contribution in [0.5, 0.6) is 0 Å². The van der Waals surface area contributed by atoms with Gasteiger partial charge in [0.05, 0.1) is 12.4 Å². The first-order valence-electron chi connectivity index (χ1n) is 6.23. The Morgan fingerprint density at radius 1 is 1.00 bits per heavy atom. The number of rotatable bonds is 0. The van der Waals surface area contributed by atoms with E-state index in [4.69, 9.17) is 11.6 Å². The van der Waals surface area contributed by atoms with Crippen molar-refractivity contribution >= 4 is 44.4 Å². The standard InChI is InChI=1S/C16H11ClN2.ClH/c1-19-15-9-11(17)7-6-10(15)8-13-12-4-2-3-5-14(12)18-16(13)19;/h2-9H,1H3;1H. The minimum atomic E-state index is 0. The first-order valence-corrected chi connectivity index (χ1v) is 6.60. The SMILES string of the molecule is C[n+]1c2cc(Cl)ccc2cc2c3ccccc3[nH]c21.[Cl-]. The van der Waals surface area contributed by atoms with Crippen molar-refractivity contribution < 1.29 is 17.0 Å². The summed E-state index contributed by atoms with van der Waals surface area (Å²) in [4.78, 5) is 3.48. The molecule has 20 heavy (non-hydrogen) atoms. The zero-order valence-corrected chi connectivity index (χ0v) is 12.3. The van der Waals surface area contributed by atoms with Crippen LogP contribution in [0.4, 0.5) is 0 Å². The number of para-hydroxylation sites is 1. The highest BCUT2D eigenvalue weighted by Gasteiger charge is 2.15. The molecule has 2 aromatic carbocycles. The van der Waals surface area contributed by atoms with Crippen LogP contribution in [-0.4, -0.2) is 4.98 Å². The molecule has 0 aliphatic rings. The van der Waals surface area contributed by atoms with Gasteiger partial charge in [-0.05, 0) is 30.3 Å². The lowest BCUT2D eigenvalue weighted by atomic mass is 10.1. The van der Waals surface area contributed by atoms with Crippen molar-refractivity contribution in [1.82, 2.24) is 4.98 Å². The van der Waals surface area contributed by atoms with E-state index in [1.807, 2.05) is 18.2 Å². The summed E-state index contributed by atoms with van der Waals surface area (Å²) in [6.07, 6.45) is 0. The number of benzene rings is 2. The number of H-pyrrole nitrogens is 1. The maximum Gasteiger partial charge on any atom is 0.287 e. The van der Waals surface area contributed by atoms with Gasteiger partial charge in [-0.25, -0.2) is 9.55 Å². The summed E-state index contributed by atoms with van der Waals surface area (Å²) < 4.78 is 2.16. The highest BCUT2D eigenvalue weighted by Crippen LogP contribution is 2.27. The molecule has 0 bridgehead atoms. The van der Waals surface area contributed by atoms with E-state index in [-0.39, 0.29) is 12.4 Å². The summed E-state index contributed by atoms with van der Waals surface area (Å²) >= 11 is 6.10. The molecule has 0 aliphatic carbocycles. The lowest BCUT2D eigenvalue weighted by Gasteiger charge is -2.01. The topological polar surface area (TPSA) is 19.7 Å². The average molecular weight is 303 g/mol. The van der Waals surface area contributed by atoms with Gasteiger partial charge in [0.2, 0.25) is 0 Å². The Balaban J connectivity index is 0.00000121. The molecule has 0 amide bonds. The molecule has 0 unspecified atom stereocenters. The molecule has 0 fully saturated rings. The van der Waals surface area contributed by atoms with Crippen molar-refractivity contribution in [2.75, 3.05) is 0 Å². The lowest BCUT2D eigenvalue weighted by Crippen LogP contribution is -3.00. The van der Waals surface area contributed by atoms with Gasteiger partial charge in [-0.1, -0.05) is 23.7 Å². The second kappa shape index (κ2) is 4.65. The van der Waals surface area contributed by atoms with E-state index in [0.29, 0.717) is 0 Å². The molecule has 2 aromatic heterocycles. The highest BCUT2D eigenvalue weighted by atomic mass is 35.5. The quantitative estimate of drug-likeness (QED) is 0.467. The summed E-state index contributed by atoms with van der Waals surface area (Å²) in [5.41, 5.74) is 3.41. The molecule has 4 rings (SSSR count). The molecule has 0 saturated heterocycles. The van der Waals surface area contributed by atoms with E-state index in [9.17, 15) is 0 Å². The van der Waals surface area contributed by atoms with Crippen molar-refractivity contribution in [3.8, 4) is 0 Å². The summed E-state index contributed by atoms with van der Waals surface area (Å²) in [7, 11) is 2.07. The lowest BCUT2D eigenvalue weighted by molar-refractivity contribution is -0.619. The zero-order chi connectivity index (χ0) is 13.0. The van der Waals surface area contributed by atoms with Gasteiger partial charge in [-0.2, -0.15) is 0 Å². The van der Waals surface area contributed by atoms with E-state index in [1.165, 1.54) is 16.2 Å². The number of fused-ring (bicyclic) bond motifs is 4. The van der Waals surface area contributed by atoms with Crippen molar-refractivity contribution in [1.29, 1.82) is 0 Å². The Labute approximate surface area is 127 Å². The third-order valence-corrected chi connectivity index (χ3v) is 3.95. The first kappa shape index (κ1) is 13.2. The maximum absolute atomic E-state index is 6.10. The van der Waals surface area contributed by atoms with E-state index >= 15 is 0 Å². The van der Waals surface area contributed by atoms with Crippen LogP contribution in [0.3, 0.4) is 0 Å². The minimum Gasteiger partial charge on any atom is -1.00 e. The van der Waals surface area contributed by atoms with Crippen LogP contribution >= 0.6 is 11.6 Å². The normalized spacial score (nSPS) is 11.1. The fraction of sp³-hybridized carbons (Fsp3) is 0.0625. The monoisotopic (exact) mass is 302 g/mol. The Morgan fingerprint density at radius 3 is 2.65 bits per heavy atom. The first-order chi connectivity index (χ1) is 9.24. The molecule has 1 N–H and O–H groups in total. The molecule has 2 heterocycles. The predicted octanol–water partition coefficient (Wildman–Crippen LogP) is 0.956. The summed E-state index contributed by atoms with van der Waals surface area (Å²) in [5, 5.41) is 4.46. The summed E-state index contributed by atoms with van der Waals surface area (Å²) in [6, 6.07) is 16.6. The van der Waals surface area contributed by atoms with Crippen molar-refractivity contribution in [3.05, 3.63) is 53.6 Å². The van der Waals surface area contributed by atoms with Gasteiger partial charge in [-0.15, -0.1) is 0 Å². The fourth-order valence-electron chi connectivity index (χ4n) is 2.77. The Hall–Kier alpha value is -1.77. The van der Waals surface area contributed by atoms with Crippen LogP contribution < -0.4 is 17.0 Å². The van der Waals surface area contributed by atoms with Crippen molar-refractivity contribution in [3.63, 3.8) is 0 Å². The number of nitrogens with one attached hydrogen (secondary N) is 1. The zero-order valence-electron chi connectivity index (χ0n) is 10.8. The van der Waals surface area contributed by atoms with E-state index < -0.39 is 0 Å². The molecule has 4 heteroatoms. The van der Waals surface area contributed by atoms with Gasteiger partial charge in [-0.3, -0.25) is 0 Å². The number of hydrogen-bond acceptors (Lipinski definition) is 0. The number of aromatic nitrogens is 2. The molecule has 0 spiro atoms. The minimum absolute atomic E-state index is 0. The second-order valence-corrected chi connectivity index (χ2v) is 5.28. The van der Waals surface area contributed by atoms with Crippen LogP contribution in [0.1, 0.15) is 0 Å². The molecular weight excluding hydrogens is 291 g/mol. The molecule has 0 radical (unpaired) electrons. The molecule has 2 nitrogen and oxygen atoms in total. The number of nitrogens with zero attached hydrogens (tertiary/aromatic N) is 1. The Morgan fingerprint density at radius 2 is 1.80 bits per heavy atom. The summed E-state index contributed by atoms with van der Waals surface area (Å²) in [5.74, 6) is 0. The summed E-state index contributed by atoms with van der Waals surface area (Å²) in [6.45, 7) is 0. The van der Waals surface area contributed by atoms with Gasteiger partial charge in [0, 0.05) is 21.9 Å². The smallest absolute Gasteiger partial charge is 0.287 e. The van der Waals surface area contributed by atoms with Crippen LogP contribution in [0, 0.1) is 0 Å². The maximum atomic E-state index is 6.10. The largest absolute Gasteiger partial charge is 1.00 e. The third-order valence-electron chi connectivity index (χ3n) is 3.71. The Kier molecular flexibility index (Phi) is 3.08. The van der Waals surface area contributed by atoms with Crippen LogP contribution in [-0.2, 0) is 7.05 Å². The average Bonchev–Trinajstić information content (AvgIpc) is 2.79. The van der Waals surface area contributed by atoms with E-state index in [2.05, 4.69) is 46.9 Å². The molecule has 0 aliphatic heterocycles. The van der Waals surface area contributed by atoms with Crippen molar-refractivity contribution in [2.45, 2.75) is 0 Å². The Bertz CT molecular complexity index is 941. The van der Waals surface area contributed by atoms with Gasteiger partial charge in [0.1, 0.15) is 11.0 Å². The molecule has 100 valence electrons. The number of aryl methyl sites for hydroxylation is 1. The van der Waals surface area contributed by atoms with Crippen LogP contribution in [0.15, 0.2) is 48.5 Å². The highest BCUT2D eigenvalue weighted by molar-refractivity contribution is 6.31. The molecule has 0 atom stereocenters. The number of halogens is 2.